The summed E-state index contributed by atoms with van der Waals surface area (Å²) in [6.45, 7) is 0.155. The van der Waals surface area contributed by atoms with E-state index in [0.717, 1.165) is 10.6 Å². The number of carbonyl (C=O) groups is 1. The molecule has 0 heterocycles. The molecule has 15 heavy (non-hydrogen) atoms. The van der Waals surface area contributed by atoms with Crippen LogP contribution in [0.25, 0.3) is 0 Å². The summed E-state index contributed by atoms with van der Waals surface area (Å²) < 4.78 is 0. The van der Waals surface area contributed by atoms with Crippen LogP contribution in [0.5, 0.6) is 0 Å². The Balaban J connectivity index is 2.76. The first-order valence-corrected chi connectivity index (χ1v) is 5.56. The van der Waals surface area contributed by atoms with E-state index in [1.807, 2.05) is 0 Å². The number of anilines is 1. The van der Waals surface area contributed by atoms with Crippen LogP contribution in [0.15, 0.2) is 23.1 Å². The van der Waals surface area contributed by atoms with Gasteiger partial charge < -0.3 is 16.6 Å². The number of hydrogen-bond acceptors (Lipinski definition) is 4. The zero-order chi connectivity index (χ0) is 11.3. The Hall–Kier alpha value is -1.20. The van der Waals surface area contributed by atoms with Gasteiger partial charge in [0.1, 0.15) is 0 Å². The van der Waals surface area contributed by atoms with Gasteiger partial charge in [-0.2, -0.15) is 0 Å². The van der Waals surface area contributed by atoms with Gasteiger partial charge in [-0.15, -0.1) is 11.8 Å². The summed E-state index contributed by atoms with van der Waals surface area (Å²) in [6, 6.07) is 4.95. The Labute approximate surface area is 92.6 Å². The van der Waals surface area contributed by atoms with Crippen LogP contribution in [-0.4, -0.2) is 23.4 Å². The fraction of sp³-hybridized carbons (Fsp3) is 0.300. The Morgan fingerprint density at radius 2 is 2.20 bits per heavy atom. The van der Waals surface area contributed by atoms with Gasteiger partial charge in [-0.3, -0.25) is 4.79 Å². The summed E-state index contributed by atoms with van der Waals surface area (Å²) in [5, 5.41) is 8.64. The monoisotopic (exact) mass is 226 g/mol. The lowest BCUT2D eigenvalue weighted by atomic mass is 10.2. The van der Waals surface area contributed by atoms with Gasteiger partial charge >= 0.3 is 0 Å². The molecule has 0 unspecified atom stereocenters. The van der Waals surface area contributed by atoms with Gasteiger partial charge in [0, 0.05) is 28.5 Å². The lowest BCUT2D eigenvalue weighted by Gasteiger charge is -2.06. The zero-order valence-electron chi connectivity index (χ0n) is 8.27. The van der Waals surface area contributed by atoms with Crippen molar-refractivity contribution in [3.8, 4) is 0 Å². The van der Waals surface area contributed by atoms with E-state index in [1.165, 1.54) is 11.8 Å². The molecular formula is C10H14N2O2S. The van der Waals surface area contributed by atoms with Crippen LogP contribution in [0, 0.1) is 0 Å². The number of rotatable bonds is 5. The molecule has 1 rings (SSSR count). The van der Waals surface area contributed by atoms with Crippen molar-refractivity contribution in [1.82, 2.24) is 0 Å². The Morgan fingerprint density at radius 1 is 1.47 bits per heavy atom. The molecule has 0 radical (unpaired) electrons. The zero-order valence-corrected chi connectivity index (χ0v) is 9.09. The minimum atomic E-state index is -0.459. The summed E-state index contributed by atoms with van der Waals surface area (Å²) in [6.07, 6.45) is 0.699. The molecule has 1 amide bonds. The number of primary amides is 1. The predicted molar refractivity (Wildman–Crippen MR) is 61.8 cm³/mol. The van der Waals surface area contributed by atoms with Gasteiger partial charge in [-0.1, -0.05) is 0 Å². The number of nitrogen functional groups attached to an aromatic ring is 1. The molecule has 0 aliphatic carbocycles. The molecule has 0 spiro atoms. The van der Waals surface area contributed by atoms with E-state index in [4.69, 9.17) is 16.6 Å². The molecule has 5 N–H and O–H groups in total. The number of nitrogens with two attached hydrogens (primary N) is 2. The van der Waals surface area contributed by atoms with Crippen molar-refractivity contribution in [2.45, 2.75) is 11.3 Å². The molecule has 0 aliphatic heterocycles. The quantitative estimate of drug-likeness (QED) is 0.394. The van der Waals surface area contributed by atoms with Gasteiger partial charge in [0.25, 0.3) is 0 Å². The molecule has 0 saturated heterocycles. The standard InChI is InChI=1S/C10H14N2O2S/c11-8-3-2-7(10(12)14)6-9(8)15-5-1-4-13/h2-3,6,13H,1,4-5,11H2,(H2,12,14). The van der Waals surface area contributed by atoms with Crippen molar-refractivity contribution in [2.24, 2.45) is 5.73 Å². The van der Waals surface area contributed by atoms with Crippen LogP contribution in [0.4, 0.5) is 5.69 Å². The molecule has 1 aromatic carbocycles. The Kier molecular flexibility index (Phi) is 4.45. The van der Waals surface area contributed by atoms with Crippen LogP contribution in [0.2, 0.25) is 0 Å². The minimum Gasteiger partial charge on any atom is -0.398 e. The maximum absolute atomic E-state index is 10.9. The van der Waals surface area contributed by atoms with Crippen molar-refractivity contribution >= 4 is 23.4 Å². The molecule has 0 fully saturated rings. The first kappa shape index (κ1) is 11.9. The third-order valence-corrected chi connectivity index (χ3v) is 3.02. The molecular weight excluding hydrogens is 212 g/mol. The fourth-order valence-corrected chi connectivity index (χ4v) is 2.00. The van der Waals surface area contributed by atoms with E-state index in [-0.39, 0.29) is 6.61 Å². The maximum Gasteiger partial charge on any atom is 0.248 e. The normalized spacial score (nSPS) is 10.2. The number of carbonyl (C=O) groups excluding carboxylic acids is 1. The molecule has 0 aliphatic rings. The molecule has 0 aromatic heterocycles. The van der Waals surface area contributed by atoms with Crippen LogP contribution < -0.4 is 11.5 Å². The first-order valence-electron chi connectivity index (χ1n) is 4.58. The second-order valence-electron chi connectivity index (χ2n) is 3.04. The Morgan fingerprint density at radius 3 is 2.80 bits per heavy atom. The fourth-order valence-electron chi connectivity index (χ4n) is 1.06. The van der Waals surface area contributed by atoms with Gasteiger partial charge in [0.15, 0.2) is 0 Å². The largest absolute Gasteiger partial charge is 0.398 e. The lowest BCUT2D eigenvalue weighted by Crippen LogP contribution is -2.11. The molecule has 1 aromatic rings. The highest BCUT2D eigenvalue weighted by molar-refractivity contribution is 7.99. The van der Waals surface area contributed by atoms with Gasteiger partial charge in [-0.05, 0) is 24.6 Å². The summed E-state index contributed by atoms with van der Waals surface area (Å²) >= 11 is 1.51. The maximum atomic E-state index is 10.9. The van der Waals surface area contributed by atoms with Crippen LogP contribution in [0.3, 0.4) is 0 Å². The summed E-state index contributed by atoms with van der Waals surface area (Å²) in [5.74, 6) is 0.308. The van der Waals surface area contributed by atoms with Crippen LogP contribution >= 0.6 is 11.8 Å². The van der Waals surface area contributed by atoms with E-state index in [1.54, 1.807) is 18.2 Å². The van der Waals surface area contributed by atoms with Gasteiger partial charge in [0.2, 0.25) is 5.91 Å². The van der Waals surface area contributed by atoms with Crippen LogP contribution in [-0.2, 0) is 0 Å². The van der Waals surface area contributed by atoms with E-state index in [2.05, 4.69) is 0 Å². The average molecular weight is 226 g/mol. The Bertz CT molecular complexity index is 355. The number of amides is 1. The minimum absolute atomic E-state index is 0.155. The predicted octanol–water partition coefficient (Wildman–Crippen LogP) is 0.842. The van der Waals surface area contributed by atoms with Gasteiger partial charge in [-0.25, -0.2) is 0 Å². The first-order chi connectivity index (χ1) is 7.15. The molecule has 5 heteroatoms. The highest BCUT2D eigenvalue weighted by atomic mass is 32.2. The molecule has 0 bridgehead atoms. The second-order valence-corrected chi connectivity index (χ2v) is 4.18. The van der Waals surface area contributed by atoms with Crippen LogP contribution in [0.1, 0.15) is 16.8 Å². The number of thioether (sulfide) groups is 1. The van der Waals surface area contributed by atoms with E-state index in [9.17, 15) is 4.79 Å². The summed E-state index contributed by atoms with van der Waals surface area (Å²) in [4.78, 5) is 11.8. The number of benzene rings is 1. The van der Waals surface area contributed by atoms with Crippen molar-refractivity contribution in [2.75, 3.05) is 18.1 Å². The molecule has 4 nitrogen and oxygen atoms in total. The van der Waals surface area contributed by atoms with Crippen molar-refractivity contribution in [1.29, 1.82) is 0 Å². The third kappa shape index (κ3) is 3.45. The topological polar surface area (TPSA) is 89.3 Å². The van der Waals surface area contributed by atoms with E-state index >= 15 is 0 Å². The number of aliphatic hydroxyl groups is 1. The highest BCUT2D eigenvalue weighted by Gasteiger charge is 2.05. The molecule has 0 saturated carbocycles. The lowest BCUT2D eigenvalue weighted by molar-refractivity contribution is 0.1000. The van der Waals surface area contributed by atoms with Crippen molar-refractivity contribution < 1.29 is 9.90 Å². The summed E-state index contributed by atoms with van der Waals surface area (Å²) in [7, 11) is 0. The average Bonchev–Trinajstić information content (AvgIpc) is 2.20. The summed E-state index contributed by atoms with van der Waals surface area (Å²) in [5.41, 5.74) is 12.0. The number of aliphatic hydroxyl groups excluding tert-OH is 1. The van der Waals surface area contributed by atoms with Crippen molar-refractivity contribution in [3.63, 3.8) is 0 Å². The van der Waals surface area contributed by atoms with Crippen molar-refractivity contribution in [3.05, 3.63) is 23.8 Å². The number of hydrogen-bond donors (Lipinski definition) is 3. The van der Waals surface area contributed by atoms with E-state index < -0.39 is 5.91 Å². The molecule has 82 valence electrons. The van der Waals surface area contributed by atoms with Gasteiger partial charge in [0.05, 0.1) is 0 Å². The second kappa shape index (κ2) is 5.63. The SMILES string of the molecule is NC(=O)c1ccc(N)c(SCCCO)c1. The highest BCUT2D eigenvalue weighted by Crippen LogP contribution is 2.26. The smallest absolute Gasteiger partial charge is 0.248 e. The third-order valence-electron chi connectivity index (χ3n) is 1.86. The molecule has 0 atom stereocenters. The van der Waals surface area contributed by atoms with E-state index in [0.29, 0.717) is 17.7 Å².